The molecule has 1 aromatic carbocycles. The van der Waals surface area contributed by atoms with Gasteiger partial charge in [0.1, 0.15) is 17.3 Å². The fourth-order valence-electron chi connectivity index (χ4n) is 1.39. The summed E-state index contributed by atoms with van der Waals surface area (Å²) in [6.45, 7) is 5.60. The van der Waals surface area contributed by atoms with Crippen LogP contribution in [0.2, 0.25) is 0 Å². The predicted molar refractivity (Wildman–Crippen MR) is 49.8 cm³/mol. The van der Waals surface area contributed by atoms with Gasteiger partial charge in [-0.25, -0.2) is 4.39 Å². The molecule has 0 spiro atoms. The van der Waals surface area contributed by atoms with Gasteiger partial charge < -0.3 is 4.74 Å². The van der Waals surface area contributed by atoms with Crippen LogP contribution in [-0.4, -0.2) is 0 Å². The highest BCUT2D eigenvalue weighted by molar-refractivity contribution is 5.73. The van der Waals surface area contributed by atoms with Crippen LogP contribution in [-0.2, 0) is 0 Å². The zero-order valence-corrected chi connectivity index (χ0v) is 7.30. The second-order valence-corrected chi connectivity index (χ2v) is 3.04. The van der Waals surface area contributed by atoms with Gasteiger partial charge in [-0.3, -0.25) is 0 Å². The minimum atomic E-state index is -0.248. The molecule has 2 heteroatoms. The fourth-order valence-corrected chi connectivity index (χ4v) is 1.39. The van der Waals surface area contributed by atoms with Crippen LogP contribution in [0.4, 0.5) is 4.39 Å². The van der Waals surface area contributed by atoms with E-state index in [2.05, 4.69) is 6.58 Å². The number of halogens is 1. The molecule has 1 heterocycles. The molecule has 0 saturated carbocycles. The van der Waals surface area contributed by atoms with Crippen molar-refractivity contribution < 1.29 is 9.13 Å². The van der Waals surface area contributed by atoms with Gasteiger partial charge in [-0.2, -0.15) is 0 Å². The molecule has 0 aromatic heterocycles. The summed E-state index contributed by atoms with van der Waals surface area (Å²) < 4.78 is 18.2. The summed E-state index contributed by atoms with van der Waals surface area (Å²) in [5.74, 6) is 1.02. The van der Waals surface area contributed by atoms with Crippen molar-refractivity contribution in [3.05, 3.63) is 48.0 Å². The molecule has 13 heavy (non-hydrogen) atoms. The summed E-state index contributed by atoms with van der Waals surface area (Å²) >= 11 is 0. The molecule has 2 rings (SSSR count). The van der Waals surface area contributed by atoms with E-state index in [0.29, 0.717) is 11.5 Å². The molecule has 66 valence electrons. The topological polar surface area (TPSA) is 9.23 Å². The molecule has 1 aliphatic rings. The molecule has 1 nitrogen and oxygen atoms in total. The van der Waals surface area contributed by atoms with Crippen LogP contribution in [0.1, 0.15) is 12.5 Å². The number of fused-ring (bicyclic) bond motifs is 1. The van der Waals surface area contributed by atoms with Crippen molar-refractivity contribution in [2.75, 3.05) is 0 Å². The summed E-state index contributed by atoms with van der Waals surface area (Å²) in [6, 6.07) is 4.46. The summed E-state index contributed by atoms with van der Waals surface area (Å²) in [6.07, 6.45) is 1.79. The number of ether oxygens (including phenoxy) is 1. The molecular weight excluding hydrogens is 167 g/mol. The van der Waals surface area contributed by atoms with Crippen LogP contribution >= 0.6 is 0 Å². The minimum Gasteiger partial charge on any atom is -0.457 e. The van der Waals surface area contributed by atoms with E-state index >= 15 is 0 Å². The third-order valence-corrected chi connectivity index (χ3v) is 1.98. The Morgan fingerprint density at radius 3 is 2.92 bits per heavy atom. The quantitative estimate of drug-likeness (QED) is 0.590. The third-order valence-electron chi connectivity index (χ3n) is 1.98. The van der Waals surface area contributed by atoms with Gasteiger partial charge in [0.25, 0.3) is 0 Å². The van der Waals surface area contributed by atoms with Crippen molar-refractivity contribution in [2.45, 2.75) is 6.92 Å². The molecule has 0 saturated heterocycles. The number of rotatable bonds is 0. The lowest BCUT2D eigenvalue weighted by atomic mass is 10.0. The van der Waals surface area contributed by atoms with E-state index in [0.717, 1.165) is 11.1 Å². The Hall–Kier alpha value is -1.57. The van der Waals surface area contributed by atoms with Crippen LogP contribution in [0.15, 0.2) is 36.6 Å². The maximum absolute atomic E-state index is 12.9. The lowest BCUT2D eigenvalue weighted by molar-refractivity contribution is 0.439. The average molecular weight is 176 g/mol. The summed E-state index contributed by atoms with van der Waals surface area (Å²) in [5, 5.41) is 0. The maximum atomic E-state index is 12.9. The van der Waals surface area contributed by atoms with E-state index in [-0.39, 0.29) is 5.82 Å². The summed E-state index contributed by atoms with van der Waals surface area (Å²) in [4.78, 5) is 0. The lowest BCUT2D eigenvalue weighted by Crippen LogP contribution is -2.00. The molecular formula is C11H9FO. The van der Waals surface area contributed by atoms with E-state index in [1.165, 1.54) is 12.1 Å². The van der Waals surface area contributed by atoms with Crippen molar-refractivity contribution in [2.24, 2.45) is 0 Å². The highest BCUT2D eigenvalue weighted by atomic mass is 19.1. The highest BCUT2D eigenvalue weighted by Gasteiger charge is 2.12. The van der Waals surface area contributed by atoms with Crippen LogP contribution in [0.5, 0.6) is 5.75 Å². The lowest BCUT2D eigenvalue weighted by Gasteiger charge is -2.17. The van der Waals surface area contributed by atoms with Gasteiger partial charge in [0.2, 0.25) is 0 Å². The van der Waals surface area contributed by atoms with E-state index in [9.17, 15) is 4.39 Å². The Bertz CT molecular complexity index is 405. The highest BCUT2D eigenvalue weighted by Crippen LogP contribution is 2.32. The average Bonchev–Trinajstić information content (AvgIpc) is 2.06. The molecule has 1 aliphatic heterocycles. The first kappa shape index (κ1) is 8.05. The van der Waals surface area contributed by atoms with Crippen molar-refractivity contribution in [1.29, 1.82) is 0 Å². The smallest absolute Gasteiger partial charge is 0.135 e. The third kappa shape index (κ3) is 1.35. The largest absolute Gasteiger partial charge is 0.457 e. The van der Waals surface area contributed by atoms with Gasteiger partial charge in [-0.15, -0.1) is 0 Å². The van der Waals surface area contributed by atoms with E-state index in [4.69, 9.17) is 4.74 Å². The first-order valence-electron chi connectivity index (χ1n) is 4.02. The minimum absolute atomic E-state index is 0.248. The monoisotopic (exact) mass is 176 g/mol. The SMILES string of the molecule is C=C1C=C(C)c2cc(F)ccc2O1. The molecule has 0 N–H and O–H groups in total. The second-order valence-electron chi connectivity index (χ2n) is 3.04. The standard InChI is InChI=1S/C11H9FO/c1-7-5-8(2)13-11-4-3-9(12)6-10(7)11/h3-6H,2H2,1H3. The Kier molecular flexibility index (Phi) is 1.69. The molecule has 0 atom stereocenters. The Morgan fingerprint density at radius 1 is 1.38 bits per heavy atom. The van der Waals surface area contributed by atoms with Crippen LogP contribution in [0, 0.1) is 5.82 Å². The zero-order valence-electron chi connectivity index (χ0n) is 7.30. The van der Waals surface area contributed by atoms with E-state index < -0.39 is 0 Å². The van der Waals surface area contributed by atoms with Crippen molar-refractivity contribution in [3.8, 4) is 5.75 Å². The summed E-state index contributed by atoms with van der Waals surface area (Å²) in [5.41, 5.74) is 1.78. The van der Waals surface area contributed by atoms with Crippen LogP contribution in [0.3, 0.4) is 0 Å². The molecule has 0 amide bonds. The molecule has 0 bridgehead atoms. The van der Waals surface area contributed by atoms with Crippen LogP contribution in [0.25, 0.3) is 5.57 Å². The van der Waals surface area contributed by atoms with Crippen molar-refractivity contribution >= 4 is 5.57 Å². The Labute approximate surface area is 76.2 Å². The van der Waals surface area contributed by atoms with Gasteiger partial charge >= 0.3 is 0 Å². The normalized spacial score (nSPS) is 14.6. The molecule has 1 aromatic rings. The Balaban J connectivity index is 2.60. The molecule has 0 fully saturated rings. The number of hydrogen-bond donors (Lipinski definition) is 0. The van der Waals surface area contributed by atoms with Gasteiger partial charge in [0.05, 0.1) is 0 Å². The number of allylic oxidation sites excluding steroid dienone is 2. The zero-order chi connectivity index (χ0) is 9.42. The van der Waals surface area contributed by atoms with E-state index in [1.807, 2.05) is 6.92 Å². The van der Waals surface area contributed by atoms with E-state index in [1.54, 1.807) is 12.1 Å². The molecule has 0 aliphatic carbocycles. The summed E-state index contributed by atoms with van der Waals surface area (Å²) in [7, 11) is 0. The first-order chi connectivity index (χ1) is 6.16. The first-order valence-corrected chi connectivity index (χ1v) is 4.02. The number of benzene rings is 1. The van der Waals surface area contributed by atoms with Crippen molar-refractivity contribution in [1.82, 2.24) is 0 Å². The Morgan fingerprint density at radius 2 is 2.15 bits per heavy atom. The van der Waals surface area contributed by atoms with Gasteiger partial charge in [0.15, 0.2) is 0 Å². The molecule has 0 radical (unpaired) electrons. The van der Waals surface area contributed by atoms with Gasteiger partial charge in [-0.1, -0.05) is 6.58 Å². The fraction of sp³-hybridized carbons (Fsp3) is 0.0909. The molecule has 0 unspecified atom stereocenters. The second kappa shape index (κ2) is 2.73. The van der Waals surface area contributed by atoms with Crippen LogP contribution < -0.4 is 4.74 Å². The maximum Gasteiger partial charge on any atom is 0.135 e. The van der Waals surface area contributed by atoms with Crippen molar-refractivity contribution in [3.63, 3.8) is 0 Å². The predicted octanol–water partition coefficient (Wildman–Crippen LogP) is 3.14. The van der Waals surface area contributed by atoms with Gasteiger partial charge in [0, 0.05) is 5.56 Å². The van der Waals surface area contributed by atoms with Gasteiger partial charge in [-0.05, 0) is 36.8 Å². The number of hydrogen-bond acceptors (Lipinski definition) is 1.